The minimum absolute atomic E-state index is 0.180. The fourth-order valence-electron chi connectivity index (χ4n) is 1.29. The van der Waals surface area contributed by atoms with Crippen LogP contribution in [-0.4, -0.2) is 30.3 Å². The molecule has 1 aromatic carbocycles. The molecule has 2 N–H and O–H groups in total. The number of aliphatic hydroxyl groups is 1. The molecule has 0 aliphatic carbocycles. The Morgan fingerprint density at radius 1 is 1.05 bits per heavy atom. The number of hydrogen-bond acceptors (Lipinski definition) is 3. The number of ether oxygens (including phenoxy) is 1. The minimum atomic E-state index is -4.80. The first-order chi connectivity index (χ1) is 9.08. The summed E-state index contributed by atoms with van der Waals surface area (Å²) in [6.07, 6.45) is -12.5. The Bertz CT molecular complexity index is 414. The number of alkyl halides is 6. The molecule has 0 aliphatic rings. The van der Waals surface area contributed by atoms with Crippen molar-refractivity contribution in [2.75, 3.05) is 11.9 Å². The molecule has 20 heavy (non-hydrogen) atoms. The van der Waals surface area contributed by atoms with Gasteiger partial charge in [-0.25, -0.2) is 0 Å². The van der Waals surface area contributed by atoms with Crippen LogP contribution < -0.4 is 10.1 Å². The number of rotatable bonds is 5. The SMILES string of the molecule is O[C@H](CCNc1ccc(OC(F)(F)F)cc1)C(F)(F)F. The van der Waals surface area contributed by atoms with E-state index in [9.17, 15) is 26.3 Å². The summed E-state index contributed by atoms with van der Waals surface area (Å²) in [4.78, 5) is 0. The van der Waals surface area contributed by atoms with Crippen molar-refractivity contribution in [3.05, 3.63) is 24.3 Å². The van der Waals surface area contributed by atoms with E-state index in [1.807, 2.05) is 0 Å². The van der Waals surface area contributed by atoms with Crippen LogP contribution in [0.5, 0.6) is 5.75 Å². The van der Waals surface area contributed by atoms with Crippen LogP contribution in [0.1, 0.15) is 6.42 Å². The van der Waals surface area contributed by atoms with Gasteiger partial charge in [-0.1, -0.05) is 0 Å². The Hall–Kier alpha value is -1.64. The van der Waals surface area contributed by atoms with Gasteiger partial charge in [0.1, 0.15) is 5.75 Å². The minimum Gasteiger partial charge on any atom is -0.406 e. The molecular formula is C11H11F6NO2. The van der Waals surface area contributed by atoms with Crippen LogP contribution in [0.15, 0.2) is 24.3 Å². The van der Waals surface area contributed by atoms with E-state index in [0.717, 1.165) is 12.1 Å². The van der Waals surface area contributed by atoms with Crippen LogP contribution in [0.4, 0.5) is 32.0 Å². The molecule has 0 amide bonds. The Balaban J connectivity index is 2.43. The van der Waals surface area contributed by atoms with Crippen LogP contribution in [0.3, 0.4) is 0 Å². The summed E-state index contributed by atoms with van der Waals surface area (Å²) >= 11 is 0. The molecule has 0 aliphatic heterocycles. The van der Waals surface area contributed by atoms with E-state index in [4.69, 9.17) is 5.11 Å². The van der Waals surface area contributed by atoms with Gasteiger partial charge in [0, 0.05) is 12.2 Å². The zero-order chi connectivity index (χ0) is 15.4. The summed E-state index contributed by atoms with van der Waals surface area (Å²) < 4.78 is 75.2. The van der Waals surface area contributed by atoms with Crippen molar-refractivity contribution in [3.63, 3.8) is 0 Å². The zero-order valence-corrected chi connectivity index (χ0v) is 9.92. The van der Waals surface area contributed by atoms with Gasteiger partial charge in [0.05, 0.1) is 0 Å². The predicted molar refractivity (Wildman–Crippen MR) is 58.3 cm³/mol. The van der Waals surface area contributed by atoms with E-state index in [-0.39, 0.29) is 6.54 Å². The third kappa shape index (κ3) is 6.00. The first kappa shape index (κ1) is 16.4. The van der Waals surface area contributed by atoms with Crippen LogP contribution >= 0.6 is 0 Å². The summed E-state index contributed by atoms with van der Waals surface area (Å²) in [5.41, 5.74) is 0.314. The molecule has 1 atom stereocenters. The molecule has 0 spiro atoms. The smallest absolute Gasteiger partial charge is 0.406 e. The lowest BCUT2D eigenvalue weighted by molar-refractivity contribution is -0.274. The van der Waals surface area contributed by atoms with Crippen molar-refractivity contribution in [2.24, 2.45) is 0 Å². The number of benzene rings is 1. The highest BCUT2D eigenvalue weighted by Gasteiger charge is 2.37. The molecule has 114 valence electrons. The van der Waals surface area contributed by atoms with E-state index in [0.29, 0.717) is 5.69 Å². The average molecular weight is 303 g/mol. The monoisotopic (exact) mass is 303 g/mol. The van der Waals surface area contributed by atoms with E-state index >= 15 is 0 Å². The summed E-state index contributed by atoms with van der Waals surface area (Å²) in [6.45, 7) is -0.180. The van der Waals surface area contributed by atoms with Gasteiger partial charge in [0.2, 0.25) is 0 Å². The van der Waals surface area contributed by atoms with Gasteiger partial charge in [-0.15, -0.1) is 13.2 Å². The topological polar surface area (TPSA) is 41.5 Å². The van der Waals surface area contributed by atoms with Crippen molar-refractivity contribution in [1.29, 1.82) is 0 Å². The maximum atomic E-state index is 12.0. The standard InChI is InChI=1S/C11H11F6NO2/c12-10(13,14)9(19)5-6-18-7-1-3-8(4-2-7)20-11(15,16)17/h1-4,9,18-19H,5-6H2/t9-/m1/s1. The highest BCUT2D eigenvalue weighted by molar-refractivity contribution is 5.46. The zero-order valence-electron chi connectivity index (χ0n) is 9.92. The molecule has 0 heterocycles. The molecule has 0 radical (unpaired) electrons. The third-order valence-corrected chi connectivity index (χ3v) is 2.21. The quantitative estimate of drug-likeness (QED) is 0.820. The first-order valence-electron chi connectivity index (χ1n) is 5.42. The predicted octanol–water partition coefficient (Wildman–Crippen LogP) is 3.31. The highest BCUT2D eigenvalue weighted by atomic mass is 19.4. The molecule has 1 aromatic rings. The van der Waals surface area contributed by atoms with E-state index in [2.05, 4.69) is 10.1 Å². The van der Waals surface area contributed by atoms with E-state index < -0.39 is 30.8 Å². The van der Waals surface area contributed by atoms with Crippen LogP contribution in [0.2, 0.25) is 0 Å². The van der Waals surface area contributed by atoms with Crippen molar-refractivity contribution in [2.45, 2.75) is 25.1 Å². The van der Waals surface area contributed by atoms with E-state index in [1.165, 1.54) is 12.1 Å². The molecule has 0 bridgehead atoms. The lowest BCUT2D eigenvalue weighted by Crippen LogP contribution is -2.30. The largest absolute Gasteiger partial charge is 0.573 e. The van der Waals surface area contributed by atoms with Crippen molar-refractivity contribution < 1.29 is 36.2 Å². The fraction of sp³-hybridized carbons (Fsp3) is 0.455. The Kier molecular flexibility index (Phi) is 5.09. The summed E-state index contributed by atoms with van der Waals surface area (Å²) in [6, 6.07) is 4.49. The molecule has 9 heteroatoms. The molecule has 0 unspecified atom stereocenters. The molecule has 0 aromatic heterocycles. The maximum Gasteiger partial charge on any atom is 0.573 e. The number of halogens is 6. The molecule has 0 saturated heterocycles. The van der Waals surface area contributed by atoms with Crippen LogP contribution in [0, 0.1) is 0 Å². The summed E-state index contributed by atoms with van der Waals surface area (Å²) in [7, 11) is 0. The maximum absolute atomic E-state index is 12.0. The van der Waals surface area contributed by atoms with Crippen molar-refractivity contribution in [1.82, 2.24) is 0 Å². The fourth-order valence-corrected chi connectivity index (χ4v) is 1.29. The van der Waals surface area contributed by atoms with Crippen molar-refractivity contribution >= 4 is 5.69 Å². The highest BCUT2D eigenvalue weighted by Crippen LogP contribution is 2.25. The number of anilines is 1. The number of hydrogen-bond donors (Lipinski definition) is 2. The second kappa shape index (κ2) is 6.21. The number of nitrogens with one attached hydrogen (secondary N) is 1. The molecule has 1 rings (SSSR count). The van der Waals surface area contributed by atoms with E-state index in [1.54, 1.807) is 0 Å². The molecule has 0 fully saturated rings. The van der Waals surface area contributed by atoms with Gasteiger partial charge in [-0.2, -0.15) is 13.2 Å². The normalized spacial score (nSPS) is 13.9. The van der Waals surface area contributed by atoms with Gasteiger partial charge in [-0.3, -0.25) is 0 Å². The van der Waals surface area contributed by atoms with Gasteiger partial charge in [0.15, 0.2) is 6.10 Å². The Morgan fingerprint density at radius 2 is 1.60 bits per heavy atom. The first-order valence-corrected chi connectivity index (χ1v) is 5.42. The van der Waals surface area contributed by atoms with Crippen LogP contribution in [0.25, 0.3) is 0 Å². The number of aliphatic hydroxyl groups excluding tert-OH is 1. The second-order valence-corrected chi connectivity index (χ2v) is 3.85. The average Bonchev–Trinajstić information content (AvgIpc) is 2.28. The van der Waals surface area contributed by atoms with Crippen LogP contribution in [-0.2, 0) is 0 Å². The lowest BCUT2D eigenvalue weighted by atomic mass is 10.2. The molecule has 0 saturated carbocycles. The van der Waals surface area contributed by atoms with Crippen molar-refractivity contribution in [3.8, 4) is 5.75 Å². The molecule has 3 nitrogen and oxygen atoms in total. The second-order valence-electron chi connectivity index (χ2n) is 3.85. The third-order valence-electron chi connectivity index (χ3n) is 2.21. The Morgan fingerprint density at radius 3 is 2.05 bits per heavy atom. The molecular weight excluding hydrogens is 292 g/mol. The summed E-state index contributed by atoms with van der Waals surface area (Å²) in [5.74, 6) is -0.432. The lowest BCUT2D eigenvalue weighted by Gasteiger charge is -2.15. The van der Waals surface area contributed by atoms with Gasteiger partial charge in [-0.05, 0) is 30.7 Å². The Labute approximate surface area is 110 Å². The van der Waals surface area contributed by atoms with Gasteiger partial charge >= 0.3 is 12.5 Å². The summed E-state index contributed by atoms with van der Waals surface area (Å²) in [5, 5.41) is 11.3. The van der Waals surface area contributed by atoms with Gasteiger partial charge in [0.25, 0.3) is 0 Å². The van der Waals surface area contributed by atoms with Gasteiger partial charge < -0.3 is 15.2 Å².